The molecule has 1 aliphatic rings. The Labute approximate surface area is 126 Å². The van der Waals surface area contributed by atoms with Gasteiger partial charge in [-0.25, -0.2) is 9.59 Å². The molecule has 1 fully saturated rings. The van der Waals surface area contributed by atoms with E-state index in [1.807, 2.05) is 23.8 Å². The van der Waals surface area contributed by atoms with Gasteiger partial charge in [-0.2, -0.15) is 11.3 Å². The minimum atomic E-state index is -0.925. The summed E-state index contributed by atoms with van der Waals surface area (Å²) in [5.74, 6) is -0.461. The van der Waals surface area contributed by atoms with Crippen molar-refractivity contribution in [2.45, 2.75) is 31.3 Å². The Morgan fingerprint density at radius 2 is 2.30 bits per heavy atom. The first-order valence-corrected chi connectivity index (χ1v) is 8.42. The van der Waals surface area contributed by atoms with Crippen molar-refractivity contribution in [2.24, 2.45) is 0 Å². The van der Waals surface area contributed by atoms with E-state index < -0.39 is 12.0 Å². The number of thiophene rings is 1. The van der Waals surface area contributed by atoms with Crippen molar-refractivity contribution < 1.29 is 14.7 Å². The Kier molecular flexibility index (Phi) is 4.93. The minimum absolute atomic E-state index is 0.0477. The molecule has 0 bridgehead atoms. The Balaban J connectivity index is 2.10. The smallest absolute Gasteiger partial charge is 0.327 e. The van der Waals surface area contributed by atoms with Crippen LogP contribution in [0.25, 0.3) is 0 Å². The summed E-state index contributed by atoms with van der Waals surface area (Å²) in [6, 6.07) is 1.04. The highest BCUT2D eigenvalue weighted by Crippen LogP contribution is 2.32. The van der Waals surface area contributed by atoms with Gasteiger partial charge in [-0.3, -0.25) is 4.90 Å². The zero-order chi connectivity index (χ0) is 14.7. The van der Waals surface area contributed by atoms with Crippen LogP contribution in [-0.4, -0.2) is 51.1 Å². The number of rotatable bonds is 4. The van der Waals surface area contributed by atoms with Crippen LogP contribution in [0.15, 0.2) is 16.8 Å². The minimum Gasteiger partial charge on any atom is -0.480 e. The van der Waals surface area contributed by atoms with E-state index in [1.165, 1.54) is 4.90 Å². The molecular formula is C13H18N2O3S2. The standard InChI is InChI=1S/C13H18N2O3S2/c1-3-11-15(10(8-20-11)12(16)17)13(18)14(2)6-9-4-5-19-7-9/h4-5,7,10-11H,3,6,8H2,1-2H3,(H,16,17). The van der Waals surface area contributed by atoms with Gasteiger partial charge in [-0.05, 0) is 28.8 Å². The fourth-order valence-electron chi connectivity index (χ4n) is 2.25. The summed E-state index contributed by atoms with van der Waals surface area (Å²) < 4.78 is 0. The first-order valence-electron chi connectivity index (χ1n) is 6.43. The SMILES string of the molecule is CCC1SCC(C(=O)O)N1C(=O)N(C)Cc1ccsc1. The summed E-state index contributed by atoms with van der Waals surface area (Å²) in [6.07, 6.45) is 0.756. The van der Waals surface area contributed by atoms with Crippen LogP contribution in [0, 0.1) is 0 Å². The van der Waals surface area contributed by atoms with Crippen molar-refractivity contribution in [3.8, 4) is 0 Å². The van der Waals surface area contributed by atoms with E-state index in [0.717, 1.165) is 12.0 Å². The second kappa shape index (κ2) is 6.49. The maximum atomic E-state index is 12.5. The third-order valence-corrected chi connectivity index (χ3v) is 5.46. The zero-order valence-corrected chi connectivity index (χ0v) is 13.1. The molecule has 1 aromatic rings. The monoisotopic (exact) mass is 314 g/mol. The summed E-state index contributed by atoms with van der Waals surface area (Å²) in [4.78, 5) is 26.9. The summed E-state index contributed by atoms with van der Waals surface area (Å²) >= 11 is 3.13. The average Bonchev–Trinajstić information content (AvgIpc) is 3.05. The highest BCUT2D eigenvalue weighted by Gasteiger charge is 2.41. The van der Waals surface area contributed by atoms with Crippen LogP contribution in [0.2, 0.25) is 0 Å². The van der Waals surface area contributed by atoms with Gasteiger partial charge < -0.3 is 10.0 Å². The number of carbonyl (C=O) groups is 2. The summed E-state index contributed by atoms with van der Waals surface area (Å²) in [7, 11) is 1.72. The van der Waals surface area contributed by atoms with Crippen molar-refractivity contribution in [3.05, 3.63) is 22.4 Å². The number of carboxylic acid groups (broad SMARTS) is 1. The van der Waals surface area contributed by atoms with Gasteiger partial charge in [0.2, 0.25) is 0 Å². The van der Waals surface area contributed by atoms with Gasteiger partial charge >= 0.3 is 12.0 Å². The molecule has 2 atom stereocenters. The molecule has 2 amide bonds. The number of carboxylic acids is 1. The number of nitrogens with zero attached hydrogens (tertiary/aromatic N) is 2. The Hall–Kier alpha value is -1.21. The van der Waals surface area contributed by atoms with Gasteiger partial charge in [-0.1, -0.05) is 6.92 Å². The molecule has 2 rings (SSSR count). The number of hydrogen-bond acceptors (Lipinski definition) is 4. The molecule has 2 heterocycles. The van der Waals surface area contributed by atoms with Gasteiger partial charge in [0.1, 0.15) is 6.04 Å². The predicted molar refractivity (Wildman–Crippen MR) is 81.0 cm³/mol. The lowest BCUT2D eigenvalue weighted by Gasteiger charge is -2.31. The number of thioether (sulfide) groups is 1. The van der Waals surface area contributed by atoms with Gasteiger partial charge in [0.05, 0.1) is 5.37 Å². The largest absolute Gasteiger partial charge is 0.480 e. The molecule has 1 aliphatic heterocycles. The maximum absolute atomic E-state index is 12.5. The molecule has 0 radical (unpaired) electrons. The highest BCUT2D eigenvalue weighted by molar-refractivity contribution is 8.00. The Morgan fingerprint density at radius 1 is 1.55 bits per heavy atom. The van der Waals surface area contributed by atoms with Crippen LogP contribution in [0.4, 0.5) is 4.79 Å². The molecule has 20 heavy (non-hydrogen) atoms. The second-order valence-electron chi connectivity index (χ2n) is 4.73. The van der Waals surface area contributed by atoms with Crippen LogP contribution < -0.4 is 0 Å². The molecule has 1 saturated heterocycles. The lowest BCUT2D eigenvalue weighted by molar-refractivity contribution is -0.141. The normalized spacial score (nSPS) is 22.0. The van der Waals surface area contributed by atoms with Gasteiger partial charge in [-0.15, -0.1) is 11.8 Å². The Morgan fingerprint density at radius 3 is 2.85 bits per heavy atom. The average molecular weight is 314 g/mol. The molecule has 5 nitrogen and oxygen atoms in total. The van der Waals surface area contributed by atoms with Crippen LogP contribution in [0.5, 0.6) is 0 Å². The van der Waals surface area contributed by atoms with E-state index in [0.29, 0.717) is 12.3 Å². The zero-order valence-electron chi connectivity index (χ0n) is 11.5. The van der Waals surface area contributed by atoms with Gasteiger partial charge in [0.15, 0.2) is 0 Å². The fraction of sp³-hybridized carbons (Fsp3) is 0.538. The van der Waals surface area contributed by atoms with Crippen LogP contribution in [0.3, 0.4) is 0 Å². The van der Waals surface area contributed by atoms with Crippen molar-refractivity contribution in [2.75, 3.05) is 12.8 Å². The number of amides is 2. The second-order valence-corrected chi connectivity index (χ2v) is 6.72. The maximum Gasteiger partial charge on any atom is 0.327 e. The molecule has 1 N–H and O–H groups in total. The molecule has 0 saturated carbocycles. The Bertz CT molecular complexity index is 478. The lowest BCUT2D eigenvalue weighted by atomic mass is 10.2. The van der Waals surface area contributed by atoms with Crippen molar-refractivity contribution in [1.29, 1.82) is 0 Å². The quantitative estimate of drug-likeness (QED) is 0.928. The highest BCUT2D eigenvalue weighted by atomic mass is 32.2. The van der Waals surface area contributed by atoms with Crippen LogP contribution in [0.1, 0.15) is 18.9 Å². The van der Waals surface area contributed by atoms with Gasteiger partial charge in [0.25, 0.3) is 0 Å². The van der Waals surface area contributed by atoms with E-state index in [2.05, 4.69) is 0 Å². The number of carbonyl (C=O) groups excluding carboxylic acids is 1. The molecule has 0 spiro atoms. The van der Waals surface area contributed by atoms with E-state index in [-0.39, 0.29) is 11.4 Å². The summed E-state index contributed by atoms with van der Waals surface area (Å²) in [6.45, 7) is 2.48. The number of urea groups is 1. The molecule has 110 valence electrons. The molecule has 1 aromatic heterocycles. The van der Waals surface area contributed by atoms with E-state index in [1.54, 1.807) is 35.0 Å². The van der Waals surface area contributed by atoms with Crippen molar-refractivity contribution >= 4 is 35.1 Å². The number of hydrogen-bond donors (Lipinski definition) is 1. The lowest BCUT2D eigenvalue weighted by Crippen LogP contribution is -2.50. The molecule has 7 heteroatoms. The third kappa shape index (κ3) is 3.09. The summed E-state index contributed by atoms with van der Waals surface area (Å²) in [5.41, 5.74) is 1.07. The molecular weight excluding hydrogens is 296 g/mol. The fourth-order valence-corrected chi connectivity index (χ4v) is 4.25. The number of aliphatic carboxylic acids is 1. The summed E-state index contributed by atoms with van der Waals surface area (Å²) in [5, 5.41) is 13.2. The van der Waals surface area contributed by atoms with Crippen LogP contribution >= 0.6 is 23.1 Å². The van der Waals surface area contributed by atoms with E-state index >= 15 is 0 Å². The van der Waals surface area contributed by atoms with E-state index in [4.69, 9.17) is 0 Å². The van der Waals surface area contributed by atoms with Crippen molar-refractivity contribution in [3.63, 3.8) is 0 Å². The van der Waals surface area contributed by atoms with Gasteiger partial charge in [0, 0.05) is 19.3 Å². The first kappa shape index (κ1) is 15.2. The van der Waals surface area contributed by atoms with E-state index in [9.17, 15) is 14.7 Å². The van der Waals surface area contributed by atoms with Crippen LogP contribution in [-0.2, 0) is 11.3 Å². The first-order chi connectivity index (χ1) is 9.54. The topological polar surface area (TPSA) is 60.9 Å². The molecule has 0 aromatic carbocycles. The molecule has 2 unspecified atom stereocenters. The third-order valence-electron chi connectivity index (χ3n) is 3.27. The predicted octanol–water partition coefficient (Wildman–Crippen LogP) is 2.54. The molecule has 0 aliphatic carbocycles. The van der Waals surface area contributed by atoms with Crippen molar-refractivity contribution in [1.82, 2.24) is 9.80 Å².